The average Bonchev–Trinajstić information content (AvgIpc) is 3.30. The summed E-state index contributed by atoms with van der Waals surface area (Å²) in [6.07, 6.45) is 7.86. The molecule has 6 nitrogen and oxygen atoms in total. The second kappa shape index (κ2) is 6.39. The number of nitrogens with two attached hydrogens (primary N) is 1. The van der Waals surface area contributed by atoms with Crippen molar-refractivity contribution in [1.29, 1.82) is 0 Å². The number of aromatic amines is 1. The van der Waals surface area contributed by atoms with E-state index in [0.29, 0.717) is 17.7 Å². The number of nitrogens with one attached hydrogen (secondary N) is 1. The summed E-state index contributed by atoms with van der Waals surface area (Å²) in [4.78, 5) is 12.8. The van der Waals surface area contributed by atoms with Crippen molar-refractivity contribution in [1.82, 2.24) is 19.4 Å². The topological polar surface area (TPSA) is 92.2 Å². The molecule has 3 heterocycles. The van der Waals surface area contributed by atoms with Crippen molar-refractivity contribution in [2.45, 2.75) is 31.6 Å². The number of aromatic nitrogens is 4. The largest absolute Gasteiger partial charge is 0.396 e. The van der Waals surface area contributed by atoms with Gasteiger partial charge in [-0.2, -0.15) is 0 Å². The van der Waals surface area contributed by atoms with E-state index in [4.69, 9.17) is 10.7 Å². The molecule has 0 unspecified atom stereocenters. The van der Waals surface area contributed by atoms with Gasteiger partial charge < -0.3 is 15.8 Å². The second-order valence-electron chi connectivity index (χ2n) is 7.52. The van der Waals surface area contributed by atoms with Gasteiger partial charge in [-0.25, -0.2) is 9.97 Å². The third kappa shape index (κ3) is 2.68. The lowest BCUT2D eigenvalue weighted by atomic mass is 9.82. The minimum atomic E-state index is 0.284. The molecule has 0 spiro atoms. The molecular weight excluding hydrogens is 338 g/mol. The summed E-state index contributed by atoms with van der Waals surface area (Å²) in [5.74, 6) is 2.34. The molecule has 4 aromatic rings. The van der Waals surface area contributed by atoms with Crippen LogP contribution in [0.5, 0.6) is 0 Å². The third-order valence-electron chi connectivity index (χ3n) is 5.87. The Labute approximate surface area is 157 Å². The van der Waals surface area contributed by atoms with Gasteiger partial charge in [0.2, 0.25) is 0 Å². The molecule has 0 saturated heterocycles. The maximum atomic E-state index is 9.43. The normalized spacial score (nSPS) is 20.5. The highest BCUT2D eigenvalue weighted by Gasteiger charge is 2.27. The molecule has 5 rings (SSSR count). The zero-order valence-electron chi connectivity index (χ0n) is 15.1. The molecule has 1 saturated carbocycles. The maximum Gasteiger partial charge on any atom is 0.150 e. The Bertz CT molecular complexity index is 1070. The van der Waals surface area contributed by atoms with Crippen LogP contribution in [0.2, 0.25) is 0 Å². The van der Waals surface area contributed by atoms with E-state index in [0.717, 1.165) is 59.3 Å². The Hall–Kier alpha value is -2.86. The Kier molecular flexibility index (Phi) is 3.86. The van der Waals surface area contributed by atoms with Gasteiger partial charge in [-0.3, -0.25) is 4.40 Å². The number of anilines is 1. The summed E-state index contributed by atoms with van der Waals surface area (Å²) in [5, 5.41) is 10.6. The molecule has 1 aromatic carbocycles. The first-order chi connectivity index (χ1) is 13.2. The van der Waals surface area contributed by atoms with Crippen LogP contribution in [-0.2, 0) is 0 Å². The quantitative estimate of drug-likeness (QED) is 0.518. The van der Waals surface area contributed by atoms with Crippen molar-refractivity contribution in [3.63, 3.8) is 0 Å². The number of rotatable bonds is 3. The number of nitrogen functional groups attached to an aromatic ring is 1. The van der Waals surface area contributed by atoms with Crippen LogP contribution < -0.4 is 5.73 Å². The number of nitrogens with zero attached hydrogens (tertiary/aromatic N) is 3. The molecule has 27 heavy (non-hydrogen) atoms. The van der Waals surface area contributed by atoms with E-state index in [1.165, 1.54) is 0 Å². The van der Waals surface area contributed by atoms with Crippen LogP contribution in [0.15, 0.2) is 42.7 Å². The summed E-state index contributed by atoms with van der Waals surface area (Å²) < 4.78 is 2.10. The summed E-state index contributed by atoms with van der Waals surface area (Å²) in [7, 11) is 0. The van der Waals surface area contributed by atoms with Crippen LogP contribution in [0, 0.1) is 5.92 Å². The Balaban J connectivity index is 1.65. The fourth-order valence-corrected chi connectivity index (χ4v) is 4.37. The lowest BCUT2D eigenvalue weighted by Gasteiger charge is -2.26. The van der Waals surface area contributed by atoms with Crippen LogP contribution in [0.3, 0.4) is 0 Å². The van der Waals surface area contributed by atoms with Crippen molar-refractivity contribution >= 4 is 22.2 Å². The van der Waals surface area contributed by atoms with E-state index in [1.807, 2.05) is 18.3 Å². The highest BCUT2D eigenvalue weighted by Crippen LogP contribution is 2.38. The van der Waals surface area contributed by atoms with Gasteiger partial charge in [-0.1, -0.05) is 18.2 Å². The molecule has 1 aliphatic carbocycles. The number of fused-ring (bicyclic) bond motifs is 2. The molecule has 4 N–H and O–H groups in total. The standard InChI is InChI=1S/C21H23N5O/c22-20-19-18(17-11-15-3-1-2-4-16(15)24-17)25-21(26(19)10-9-23-20)14-7-5-13(12-27)6-8-14/h1-4,9-11,13-14,24,27H,5-8,12H2,(H2,22,23)/t13-,14-. The minimum absolute atomic E-state index is 0.284. The summed E-state index contributed by atoms with van der Waals surface area (Å²) in [6, 6.07) is 10.3. The van der Waals surface area contributed by atoms with Gasteiger partial charge in [-0.15, -0.1) is 0 Å². The van der Waals surface area contributed by atoms with E-state index < -0.39 is 0 Å². The lowest BCUT2D eigenvalue weighted by molar-refractivity contribution is 0.181. The second-order valence-corrected chi connectivity index (χ2v) is 7.52. The molecule has 1 fully saturated rings. The van der Waals surface area contributed by atoms with Gasteiger partial charge in [0.15, 0.2) is 0 Å². The first kappa shape index (κ1) is 16.3. The Morgan fingerprint density at radius 2 is 2.00 bits per heavy atom. The van der Waals surface area contributed by atoms with Crippen LogP contribution in [0.1, 0.15) is 37.4 Å². The molecule has 0 radical (unpaired) electrons. The summed E-state index contributed by atoms with van der Waals surface area (Å²) >= 11 is 0. The van der Waals surface area contributed by atoms with E-state index >= 15 is 0 Å². The van der Waals surface area contributed by atoms with Gasteiger partial charge in [0, 0.05) is 35.8 Å². The van der Waals surface area contributed by atoms with E-state index in [1.54, 1.807) is 6.20 Å². The molecule has 0 aliphatic heterocycles. The highest BCUT2D eigenvalue weighted by molar-refractivity contribution is 5.91. The molecule has 0 atom stereocenters. The van der Waals surface area contributed by atoms with Gasteiger partial charge in [0.1, 0.15) is 22.9 Å². The van der Waals surface area contributed by atoms with Crippen LogP contribution in [0.25, 0.3) is 27.8 Å². The lowest BCUT2D eigenvalue weighted by Crippen LogP contribution is -2.17. The van der Waals surface area contributed by atoms with Crippen LogP contribution >= 0.6 is 0 Å². The summed E-state index contributed by atoms with van der Waals surface area (Å²) in [5.41, 5.74) is 10.0. The molecule has 6 heteroatoms. The first-order valence-electron chi connectivity index (χ1n) is 9.56. The van der Waals surface area contributed by atoms with Gasteiger partial charge in [0.25, 0.3) is 0 Å². The SMILES string of the molecule is Nc1nccn2c1c(-c1cc3ccccc3[nH]1)nc2[C@H]1CC[C@H](CO)CC1. The smallest absolute Gasteiger partial charge is 0.150 e. The highest BCUT2D eigenvalue weighted by atomic mass is 16.3. The number of imidazole rings is 1. The predicted octanol–water partition coefficient (Wildman–Crippen LogP) is 3.73. The predicted molar refractivity (Wildman–Crippen MR) is 106 cm³/mol. The number of aliphatic hydroxyl groups excluding tert-OH is 1. The van der Waals surface area contributed by atoms with Gasteiger partial charge in [0.05, 0.1) is 5.69 Å². The molecule has 3 aromatic heterocycles. The fraction of sp³-hybridized carbons (Fsp3) is 0.333. The maximum absolute atomic E-state index is 9.43. The van der Waals surface area contributed by atoms with Gasteiger partial charge >= 0.3 is 0 Å². The van der Waals surface area contributed by atoms with E-state index in [-0.39, 0.29) is 6.61 Å². The number of hydrogen-bond acceptors (Lipinski definition) is 4. The number of H-pyrrole nitrogens is 1. The summed E-state index contributed by atoms with van der Waals surface area (Å²) in [6.45, 7) is 0.284. The fourth-order valence-electron chi connectivity index (χ4n) is 4.37. The zero-order chi connectivity index (χ0) is 18.4. The molecular formula is C21H23N5O. The van der Waals surface area contributed by atoms with E-state index in [9.17, 15) is 5.11 Å². The monoisotopic (exact) mass is 361 g/mol. The van der Waals surface area contributed by atoms with Crippen molar-refractivity contribution in [3.05, 3.63) is 48.5 Å². The van der Waals surface area contributed by atoms with Crippen molar-refractivity contribution < 1.29 is 5.11 Å². The molecule has 0 bridgehead atoms. The van der Waals surface area contributed by atoms with Crippen molar-refractivity contribution in [2.75, 3.05) is 12.3 Å². The average molecular weight is 361 g/mol. The van der Waals surface area contributed by atoms with Gasteiger partial charge in [-0.05, 0) is 43.7 Å². The number of aliphatic hydroxyl groups is 1. The molecule has 0 amide bonds. The van der Waals surface area contributed by atoms with Crippen LogP contribution in [-0.4, -0.2) is 31.1 Å². The number of benzene rings is 1. The number of para-hydroxylation sites is 1. The van der Waals surface area contributed by atoms with E-state index in [2.05, 4.69) is 32.6 Å². The Morgan fingerprint density at radius 3 is 2.78 bits per heavy atom. The number of hydrogen-bond donors (Lipinski definition) is 3. The minimum Gasteiger partial charge on any atom is -0.396 e. The third-order valence-corrected chi connectivity index (χ3v) is 5.87. The van der Waals surface area contributed by atoms with Crippen molar-refractivity contribution in [2.24, 2.45) is 5.92 Å². The Morgan fingerprint density at radius 1 is 1.19 bits per heavy atom. The molecule has 138 valence electrons. The molecule has 1 aliphatic rings. The zero-order valence-corrected chi connectivity index (χ0v) is 15.1. The first-order valence-corrected chi connectivity index (χ1v) is 9.56. The van der Waals surface area contributed by atoms with Crippen molar-refractivity contribution in [3.8, 4) is 11.4 Å². The van der Waals surface area contributed by atoms with Crippen LogP contribution in [0.4, 0.5) is 5.82 Å².